The first-order valence-electron chi connectivity index (χ1n) is 4.84. The Kier molecular flexibility index (Phi) is 2.49. The van der Waals surface area contributed by atoms with Gasteiger partial charge in [-0.15, -0.1) is 0 Å². The molecule has 0 fully saturated rings. The van der Waals surface area contributed by atoms with Crippen molar-refractivity contribution in [3.05, 3.63) is 23.8 Å². The number of fused-ring (bicyclic) bond motifs is 1. The molecule has 4 nitrogen and oxygen atoms in total. The predicted molar refractivity (Wildman–Crippen MR) is 53.2 cm³/mol. The van der Waals surface area contributed by atoms with E-state index in [0.29, 0.717) is 17.9 Å². The fraction of sp³-hybridized carbons (Fsp3) is 0.364. The minimum Gasteiger partial charge on any atom is -0.481 e. The molecule has 1 aliphatic heterocycles. The van der Waals surface area contributed by atoms with E-state index >= 15 is 0 Å². The SMILES string of the molecule is CCC(C(=O)O)c1ccc2c(c1)OCO2. The summed E-state index contributed by atoms with van der Waals surface area (Å²) >= 11 is 0. The van der Waals surface area contributed by atoms with E-state index in [1.54, 1.807) is 18.2 Å². The van der Waals surface area contributed by atoms with Gasteiger partial charge in [-0.3, -0.25) is 4.79 Å². The fourth-order valence-electron chi connectivity index (χ4n) is 1.68. The lowest BCUT2D eigenvalue weighted by molar-refractivity contribution is -0.138. The van der Waals surface area contributed by atoms with E-state index in [4.69, 9.17) is 14.6 Å². The average molecular weight is 208 g/mol. The molecule has 1 unspecified atom stereocenters. The molecule has 0 aromatic heterocycles. The van der Waals surface area contributed by atoms with Crippen LogP contribution in [-0.2, 0) is 4.79 Å². The molecule has 80 valence electrons. The Bertz CT molecular complexity index is 386. The third-order valence-corrected chi connectivity index (χ3v) is 2.51. The maximum atomic E-state index is 11.0. The summed E-state index contributed by atoms with van der Waals surface area (Å²) in [6.45, 7) is 2.06. The lowest BCUT2D eigenvalue weighted by Crippen LogP contribution is -2.10. The standard InChI is InChI=1S/C11H12O4/c1-2-8(11(12)13)7-3-4-9-10(5-7)15-6-14-9/h3-5,8H,2,6H2,1H3,(H,12,13). The molecule has 4 heteroatoms. The molecule has 0 bridgehead atoms. The topological polar surface area (TPSA) is 55.8 Å². The van der Waals surface area contributed by atoms with Crippen LogP contribution in [0.5, 0.6) is 11.5 Å². The first-order valence-corrected chi connectivity index (χ1v) is 4.84. The second-order valence-corrected chi connectivity index (χ2v) is 3.41. The van der Waals surface area contributed by atoms with Gasteiger partial charge < -0.3 is 14.6 Å². The van der Waals surface area contributed by atoms with Crippen molar-refractivity contribution in [2.75, 3.05) is 6.79 Å². The van der Waals surface area contributed by atoms with Crippen LogP contribution in [-0.4, -0.2) is 17.9 Å². The molecule has 15 heavy (non-hydrogen) atoms. The zero-order valence-electron chi connectivity index (χ0n) is 8.40. The van der Waals surface area contributed by atoms with E-state index in [-0.39, 0.29) is 6.79 Å². The lowest BCUT2D eigenvalue weighted by Gasteiger charge is -2.10. The normalized spacial score (nSPS) is 15.0. The molecule has 0 spiro atoms. The largest absolute Gasteiger partial charge is 0.481 e. The minimum absolute atomic E-state index is 0.211. The van der Waals surface area contributed by atoms with Crippen LogP contribution in [0.25, 0.3) is 0 Å². The molecule has 1 N–H and O–H groups in total. The van der Waals surface area contributed by atoms with E-state index in [1.807, 2.05) is 6.92 Å². The number of hydrogen-bond acceptors (Lipinski definition) is 3. The zero-order valence-corrected chi connectivity index (χ0v) is 8.40. The van der Waals surface area contributed by atoms with Crippen molar-refractivity contribution < 1.29 is 19.4 Å². The van der Waals surface area contributed by atoms with Crippen molar-refractivity contribution in [1.29, 1.82) is 0 Å². The van der Waals surface area contributed by atoms with Crippen molar-refractivity contribution in [3.63, 3.8) is 0 Å². The smallest absolute Gasteiger partial charge is 0.310 e. The maximum absolute atomic E-state index is 11.0. The van der Waals surface area contributed by atoms with Crippen LogP contribution >= 0.6 is 0 Å². The second kappa shape index (κ2) is 3.81. The van der Waals surface area contributed by atoms with Crippen molar-refractivity contribution in [2.24, 2.45) is 0 Å². The molecule has 1 heterocycles. The lowest BCUT2D eigenvalue weighted by atomic mass is 9.96. The molecule has 1 atom stereocenters. The summed E-state index contributed by atoms with van der Waals surface area (Å²) in [5.41, 5.74) is 0.759. The first kappa shape index (κ1) is 9.83. The number of hydrogen-bond donors (Lipinski definition) is 1. The molecule has 1 aromatic carbocycles. The highest BCUT2D eigenvalue weighted by molar-refractivity contribution is 5.76. The maximum Gasteiger partial charge on any atom is 0.310 e. The Morgan fingerprint density at radius 2 is 2.20 bits per heavy atom. The Labute approximate surface area is 87.4 Å². The van der Waals surface area contributed by atoms with E-state index in [9.17, 15) is 4.79 Å². The minimum atomic E-state index is -0.809. The van der Waals surface area contributed by atoms with Crippen LogP contribution in [0.4, 0.5) is 0 Å². The van der Waals surface area contributed by atoms with E-state index < -0.39 is 11.9 Å². The van der Waals surface area contributed by atoms with Gasteiger partial charge in [0.15, 0.2) is 11.5 Å². The average Bonchev–Trinajstić information content (AvgIpc) is 2.65. The van der Waals surface area contributed by atoms with Gasteiger partial charge in [0, 0.05) is 0 Å². The van der Waals surface area contributed by atoms with Crippen LogP contribution in [0.15, 0.2) is 18.2 Å². The Hall–Kier alpha value is -1.71. The summed E-state index contributed by atoms with van der Waals surface area (Å²) in [6, 6.07) is 5.27. The molecule has 0 amide bonds. The van der Waals surface area contributed by atoms with Gasteiger partial charge in [-0.1, -0.05) is 13.0 Å². The second-order valence-electron chi connectivity index (χ2n) is 3.41. The third-order valence-electron chi connectivity index (χ3n) is 2.51. The van der Waals surface area contributed by atoms with Gasteiger partial charge in [0.1, 0.15) is 0 Å². The number of rotatable bonds is 3. The fourth-order valence-corrected chi connectivity index (χ4v) is 1.68. The summed E-state index contributed by atoms with van der Waals surface area (Å²) in [5.74, 6) is 0.0297. The first-order chi connectivity index (χ1) is 7.22. The highest BCUT2D eigenvalue weighted by Gasteiger charge is 2.21. The number of carboxylic acids is 1. The molecule has 0 saturated carbocycles. The number of carbonyl (C=O) groups is 1. The molecule has 1 aromatic rings. The predicted octanol–water partition coefficient (Wildman–Crippen LogP) is 1.99. The van der Waals surface area contributed by atoms with Gasteiger partial charge in [-0.05, 0) is 24.1 Å². The van der Waals surface area contributed by atoms with Crippen molar-refractivity contribution in [3.8, 4) is 11.5 Å². The summed E-state index contributed by atoms with van der Waals surface area (Å²) in [4.78, 5) is 11.0. The number of ether oxygens (including phenoxy) is 2. The Morgan fingerprint density at radius 3 is 2.87 bits per heavy atom. The van der Waals surface area contributed by atoms with E-state index in [0.717, 1.165) is 5.56 Å². The van der Waals surface area contributed by atoms with Crippen LogP contribution in [0.2, 0.25) is 0 Å². The summed E-state index contributed by atoms with van der Waals surface area (Å²) < 4.78 is 10.4. The van der Waals surface area contributed by atoms with Gasteiger partial charge >= 0.3 is 5.97 Å². The zero-order chi connectivity index (χ0) is 10.8. The molecule has 2 rings (SSSR count). The van der Waals surface area contributed by atoms with Gasteiger partial charge in [-0.25, -0.2) is 0 Å². The number of benzene rings is 1. The van der Waals surface area contributed by atoms with Crippen LogP contribution in [0.3, 0.4) is 0 Å². The van der Waals surface area contributed by atoms with Gasteiger partial charge in [-0.2, -0.15) is 0 Å². The highest BCUT2D eigenvalue weighted by atomic mass is 16.7. The number of carboxylic acid groups (broad SMARTS) is 1. The van der Waals surface area contributed by atoms with Crippen LogP contribution in [0, 0.1) is 0 Å². The molecular weight excluding hydrogens is 196 g/mol. The Balaban J connectivity index is 2.32. The number of aliphatic carboxylic acids is 1. The molecule has 0 radical (unpaired) electrons. The third kappa shape index (κ3) is 1.75. The van der Waals surface area contributed by atoms with Gasteiger partial charge in [0.05, 0.1) is 5.92 Å². The molecule has 0 saturated heterocycles. The van der Waals surface area contributed by atoms with E-state index in [1.165, 1.54) is 0 Å². The van der Waals surface area contributed by atoms with Crippen molar-refractivity contribution >= 4 is 5.97 Å². The van der Waals surface area contributed by atoms with Crippen LogP contribution in [0.1, 0.15) is 24.8 Å². The molecule has 0 aliphatic carbocycles. The molecular formula is C11H12O4. The summed E-state index contributed by atoms with van der Waals surface area (Å²) in [7, 11) is 0. The van der Waals surface area contributed by atoms with E-state index in [2.05, 4.69) is 0 Å². The Morgan fingerprint density at radius 1 is 1.47 bits per heavy atom. The summed E-state index contributed by atoms with van der Waals surface area (Å²) in [6.07, 6.45) is 0.564. The van der Waals surface area contributed by atoms with Crippen molar-refractivity contribution in [2.45, 2.75) is 19.3 Å². The van der Waals surface area contributed by atoms with Gasteiger partial charge in [0.25, 0.3) is 0 Å². The monoisotopic (exact) mass is 208 g/mol. The summed E-state index contributed by atoms with van der Waals surface area (Å²) in [5, 5.41) is 9.00. The van der Waals surface area contributed by atoms with Crippen LogP contribution < -0.4 is 9.47 Å². The molecule has 1 aliphatic rings. The highest BCUT2D eigenvalue weighted by Crippen LogP contribution is 2.35. The quantitative estimate of drug-likeness (QED) is 0.825. The van der Waals surface area contributed by atoms with Gasteiger partial charge in [0.2, 0.25) is 6.79 Å². The van der Waals surface area contributed by atoms with Crippen molar-refractivity contribution in [1.82, 2.24) is 0 Å².